The first kappa shape index (κ1) is 9.96. The van der Waals surface area contributed by atoms with Crippen molar-refractivity contribution in [2.24, 2.45) is 5.92 Å². The highest BCUT2D eigenvalue weighted by Gasteiger charge is 2.10. The summed E-state index contributed by atoms with van der Waals surface area (Å²) in [4.78, 5) is 2.40. The highest BCUT2D eigenvalue weighted by atomic mass is 15.1. The lowest BCUT2D eigenvalue weighted by atomic mass is 10.00. The Morgan fingerprint density at radius 2 is 1.50 bits per heavy atom. The Balaban J connectivity index is 0.000000371. The van der Waals surface area contributed by atoms with Crippen LogP contribution in [-0.2, 0) is 0 Å². The van der Waals surface area contributed by atoms with E-state index in [9.17, 15) is 0 Å². The summed E-state index contributed by atoms with van der Waals surface area (Å²) in [6.07, 6.45) is 2.80. The van der Waals surface area contributed by atoms with Crippen molar-refractivity contribution < 1.29 is 0 Å². The van der Waals surface area contributed by atoms with Crippen molar-refractivity contribution >= 4 is 0 Å². The van der Waals surface area contributed by atoms with Crippen LogP contribution >= 0.6 is 0 Å². The summed E-state index contributed by atoms with van der Waals surface area (Å²) in [5.74, 6) is 0.978. The van der Waals surface area contributed by atoms with Gasteiger partial charge in [-0.2, -0.15) is 0 Å². The lowest BCUT2D eigenvalue weighted by Crippen LogP contribution is -2.28. The molecule has 1 heteroatoms. The fourth-order valence-electron chi connectivity index (χ4n) is 1.14. The first-order valence-electron chi connectivity index (χ1n) is 4.47. The van der Waals surface area contributed by atoms with E-state index in [0.717, 1.165) is 5.92 Å². The van der Waals surface area contributed by atoms with Crippen LogP contribution in [0.15, 0.2) is 0 Å². The van der Waals surface area contributed by atoms with E-state index in [-0.39, 0.29) is 0 Å². The van der Waals surface area contributed by atoms with E-state index >= 15 is 0 Å². The summed E-state index contributed by atoms with van der Waals surface area (Å²) in [7, 11) is 2.20. The van der Waals surface area contributed by atoms with E-state index in [4.69, 9.17) is 0 Å². The second kappa shape index (κ2) is 5.72. The molecule has 1 rings (SSSR count). The fraction of sp³-hybridized carbons (Fsp3) is 1.00. The zero-order chi connectivity index (χ0) is 7.98. The number of likely N-dealkylation sites (tertiary alicyclic amines) is 1. The van der Waals surface area contributed by atoms with E-state index in [2.05, 4.69) is 18.9 Å². The zero-order valence-electron chi connectivity index (χ0n) is 7.85. The van der Waals surface area contributed by atoms with Gasteiger partial charge in [-0.25, -0.2) is 0 Å². The second-order valence-corrected chi connectivity index (χ2v) is 2.99. The van der Waals surface area contributed by atoms with Crippen LogP contribution in [0.5, 0.6) is 0 Å². The first-order valence-corrected chi connectivity index (χ1v) is 4.47. The molecule has 1 aliphatic rings. The summed E-state index contributed by atoms with van der Waals surface area (Å²) in [5.41, 5.74) is 0. The molecular formula is C9H21N. The number of hydrogen-bond donors (Lipinski definition) is 0. The van der Waals surface area contributed by atoms with Crippen LogP contribution in [0.25, 0.3) is 0 Å². The molecule has 0 radical (unpaired) electrons. The molecule has 1 heterocycles. The molecular weight excluding hydrogens is 122 g/mol. The highest BCUT2D eigenvalue weighted by Crippen LogP contribution is 2.13. The van der Waals surface area contributed by atoms with Crippen molar-refractivity contribution in [3.8, 4) is 0 Å². The monoisotopic (exact) mass is 143 g/mol. The molecule has 0 N–H and O–H groups in total. The maximum absolute atomic E-state index is 2.40. The van der Waals surface area contributed by atoms with E-state index in [1.54, 1.807) is 0 Å². The minimum absolute atomic E-state index is 0.978. The summed E-state index contributed by atoms with van der Waals surface area (Å²) in [6.45, 7) is 8.95. The van der Waals surface area contributed by atoms with Crippen LogP contribution in [0, 0.1) is 5.92 Å². The molecule has 0 bridgehead atoms. The molecule has 0 saturated carbocycles. The molecule has 10 heavy (non-hydrogen) atoms. The van der Waals surface area contributed by atoms with E-state index in [1.165, 1.54) is 25.9 Å². The van der Waals surface area contributed by atoms with Crippen LogP contribution in [0.4, 0.5) is 0 Å². The predicted molar refractivity (Wildman–Crippen MR) is 47.2 cm³/mol. The van der Waals surface area contributed by atoms with Gasteiger partial charge in [-0.15, -0.1) is 0 Å². The third kappa shape index (κ3) is 3.89. The van der Waals surface area contributed by atoms with Crippen LogP contribution in [0.3, 0.4) is 0 Å². The van der Waals surface area contributed by atoms with Crippen LogP contribution in [0.1, 0.15) is 33.6 Å². The molecule has 0 atom stereocenters. The molecule has 1 fully saturated rings. The summed E-state index contributed by atoms with van der Waals surface area (Å²) in [6, 6.07) is 0. The van der Waals surface area contributed by atoms with Crippen LogP contribution in [-0.4, -0.2) is 25.0 Å². The Morgan fingerprint density at radius 3 is 1.80 bits per heavy atom. The molecule has 1 aliphatic heterocycles. The third-order valence-electron chi connectivity index (χ3n) is 2.01. The number of rotatable bonds is 0. The Labute approximate surface area is 65.4 Å². The smallest absolute Gasteiger partial charge is 0.00192 e. The topological polar surface area (TPSA) is 3.24 Å². The molecule has 1 nitrogen and oxygen atoms in total. The normalized spacial score (nSPS) is 21.6. The number of nitrogens with zero attached hydrogens (tertiary/aromatic N) is 1. The second-order valence-electron chi connectivity index (χ2n) is 2.99. The van der Waals surface area contributed by atoms with Gasteiger partial charge < -0.3 is 4.90 Å². The largest absolute Gasteiger partial charge is 0.306 e. The van der Waals surface area contributed by atoms with Gasteiger partial charge in [0.05, 0.1) is 0 Å². The fourth-order valence-corrected chi connectivity index (χ4v) is 1.14. The van der Waals surface area contributed by atoms with Crippen molar-refractivity contribution in [1.82, 2.24) is 4.90 Å². The molecule has 0 amide bonds. The Morgan fingerprint density at radius 1 is 1.10 bits per heavy atom. The standard InChI is InChI=1S/C7H15N.C2H6/c1-7-3-5-8(2)6-4-7;1-2/h7H,3-6H2,1-2H3;1-2H3. The lowest BCUT2D eigenvalue weighted by Gasteiger charge is -2.26. The quantitative estimate of drug-likeness (QED) is 0.503. The van der Waals surface area contributed by atoms with Gasteiger partial charge in [0.2, 0.25) is 0 Å². The molecule has 62 valence electrons. The van der Waals surface area contributed by atoms with Crippen LogP contribution < -0.4 is 0 Å². The third-order valence-corrected chi connectivity index (χ3v) is 2.01. The molecule has 0 aliphatic carbocycles. The lowest BCUT2D eigenvalue weighted by molar-refractivity contribution is 0.230. The first-order chi connectivity index (χ1) is 4.79. The van der Waals surface area contributed by atoms with Crippen molar-refractivity contribution in [2.45, 2.75) is 33.6 Å². The molecule has 0 spiro atoms. The van der Waals surface area contributed by atoms with Gasteiger partial charge in [0.1, 0.15) is 0 Å². The minimum atomic E-state index is 0.978. The van der Waals surface area contributed by atoms with Gasteiger partial charge in [-0.05, 0) is 38.9 Å². The van der Waals surface area contributed by atoms with Crippen LogP contribution in [0.2, 0.25) is 0 Å². The summed E-state index contributed by atoms with van der Waals surface area (Å²) in [5, 5.41) is 0. The maximum atomic E-state index is 2.40. The average molecular weight is 143 g/mol. The number of piperidine rings is 1. The van der Waals surface area contributed by atoms with Crippen molar-refractivity contribution in [1.29, 1.82) is 0 Å². The van der Waals surface area contributed by atoms with Gasteiger partial charge in [0.25, 0.3) is 0 Å². The average Bonchev–Trinajstić information content (AvgIpc) is 2.00. The van der Waals surface area contributed by atoms with Crippen molar-refractivity contribution in [2.75, 3.05) is 20.1 Å². The molecule has 0 aromatic carbocycles. The zero-order valence-corrected chi connectivity index (χ0v) is 7.85. The van der Waals surface area contributed by atoms with Gasteiger partial charge >= 0.3 is 0 Å². The summed E-state index contributed by atoms with van der Waals surface area (Å²) < 4.78 is 0. The van der Waals surface area contributed by atoms with Gasteiger partial charge in [-0.3, -0.25) is 0 Å². The Bertz CT molecular complexity index is 53.1. The van der Waals surface area contributed by atoms with Gasteiger partial charge in [0.15, 0.2) is 0 Å². The molecule has 0 aromatic heterocycles. The molecule has 0 aromatic rings. The predicted octanol–water partition coefficient (Wildman–Crippen LogP) is 2.37. The number of hydrogen-bond acceptors (Lipinski definition) is 1. The Kier molecular flexibility index (Phi) is 5.70. The van der Waals surface area contributed by atoms with E-state index in [0.29, 0.717) is 0 Å². The minimum Gasteiger partial charge on any atom is -0.306 e. The van der Waals surface area contributed by atoms with Crippen molar-refractivity contribution in [3.05, 3.63) is 0 Å². The van der Waals surface area contributed by atoms with Gasteiger partial charge in [0, 0.05) is 0 Å². The summed E-state index contributed by atoms with van der Waals surface area (Å²) >= 11 is 0. The molecule has 1 saturated heterocycles. The maximum Gasteiger partial charge on any atom is -0.00192 e. The van der Waals surface area contributed by atoms with E-state index in [1.807, 2.05) is 13.8 Å². The van der Waals surface area contributed by atoms with E-state index < -0.39 is 0 Å². The molecule has 0 unspecified atom stereocenters. The SMILES string of the molecule is CC.CC1CCN(C)CC1. The highest BCUT2D eigenvalue weighted by molar-refractivity contribution is 4.65. The van der Waals surface area contributed by atoms with Crippen molar-refractivity contribution in [3.63, 3.8) is 0 Å². The Hall–Kier alpha value is -0.0400. The van der Waals surface area contributed by atoms with Gasteiger partial charge in [-0.1, -0.05) is 20.8 Å².